The first-order chi connectivity index (χ1) is 15.2. The van der Waals surface area contributed by atoms with Crippen LogP contribution in [-0.2, 0) is 0 Å². The van der Waals surface area contributed by atoms with E-state index in [1.54, 1.807) is 5.57 Å². The Hall–Kier alpha value is -0.780. The van der Waals surface area contributed by atoms with Crippen LogP contribution >= 0.6 is 0 Å². The third-order valence-corrected chi connectivity index (χ3v) is 7.85. The SMILES string of the molecule is C=C(/C(=C\C=C1/CCCC2(C)C1CCC2C(C)C(C)C)CCC)C(C)C.CC.CC.CC. The topological polar surface area (TPSA) is 0 Å². The second-order valence-corrected chi connectivity index (χ2v) is 10.1. The Balaban J connectivity index is 0. The Morgan fingerprint density at radius 3 is 2.03 bits per heavy atom. The van der Waals surface area contributed by atoms with Gasteiger partial charge in [0.25, 0.3) is 0 Å². The quantitative estimate of drug-likeness (QED) is 0.341. The average Bonchev–Trinajstić information content (AvgIpc) is 3.16. The van der Waals surface area contributed by atoms with Gasteiger partial charge in [-0.15, -0.1) is 0 Å². The number of hydrogen-bond donors (Lipinski definition) is 0. The predicted molar refractivity (Wildman–Crippen MR) is 151 cm³/mol. The van der Waals surface area contributed by atoms with Crippen molar-refractivity contribution >= 4 is 0 Å². The molecule has 0 nitrogen and oxygen atoms in total. The monoisotopic (exact) mass is 446 g/mol. The molecule has 2 rings (SSSR count). The normalized spacial score (nSPS) is 26.8. The summed E-state index contributed by atoms with van der Waals surface area (Å²) in [4.78, 5) is 0. The van der Waals surface area contributed by atoms with Crippen LogP contribution in [0.3, 0.4) is 0 Å². The summed E-state index contributed by atoms with van der Waals surface area (Å²) < 4.78 is 0. The van der Waals surface area contributed by atoms with Gasteiger partial charge in [0.05, 0.1) is 0 Å². The standard InChI is InChI=1S/C26H44.3C2H6/c1-9-11-22(20(6)18(2)3)13-14-23-12-10-17-26(8)24(15-16-25(23)26)21(7)19(4)5;3*1-2/h13-14,18-19,21,24-25H,6,9-12,15-17H2,1-5,7-8H3;3*1-2H3/b22-13-,23-14+;;;. The molecular formula is C32H62. The molecule has 0 aromatic rings. The van der Waals surface area contributed by atoms with Gasteiger partial charge in [0.15, 0.2) is 0 Å². The molecule has 2 saturated carbocycles. The minimum Gasteiger partial charge on any atom is -0.0953 e. The van der Waals surface area contributed by atoms with Crippen molar-refractivity contribution in [3.05, 3.63) is 35.5 Å². The van der Waals surface area contributed by atoms with Crippen LogP contribution in [0.5, 0.6) is 0 Å². The molecule has 0 heterocycles. The molecule has 0 saturated heterocycles. The van der Waals surface area contributed by atoms with Crippen LogP contribution in [0.4, 0.5) is 0 Å². The average molecular weight is 447 g/mol. The van der Waals surface area contributed by atoms with Crippen molar-refractivity contribution < 1.29 is 0 Å². The Kier molecular flexibility index (Phi) is 18.4. The Bertz CT molecular complexity index is 544. The summed E-state index contributed by atoms with van der Waals surface area (Å²) >= 11 is 0. The van der Waals surface area contributed by atoms with E-state index in [1.165, 1.54) is 49.7 Å². The summed E-state index contributed by atoms with van der Waals surface area (Å²) in [5.74, 6) is 3.91. The van der Waals surface area contributed by atoms with Crippen LogP contribution in [-0.4, -0.2) is 0 Å². The second-order valence-electron chi connectivity index (χ2n) is 10.1. The van der Waals surface area contributed by atoms with Crippen molar-refractivity contribution in [1.82, 2.24) is 0 Å². The third kappa shape index (κ3) is 8.87. The van der Waals surface area contributed by atoms with Crippen LogP contribution in [0.15, 0.2) is 35.5 Å². The van der Waals surface area contributed by atoms with Gasteiger partial charge in [-0.2, -0.15) is 0 Å². The molecule has 0 amide bonds. The van der Waals surface area contributed by atoms with Gasteiger partial charge >= 0.3 is 0 Å². The van der Waals surface area contributed by atoms with Crippen LogP contribution in [0, 0.1) is 35.0 Å². The number of fused-ring (bicyclic) bond motifs is 1. The molecule has 190 valence electrons. The zero-order valence-electron chi connectivity index (χ0n) is 24.7. The molecule has 0 N–H and O–H groups in total. The van der Waals surface area contributed by atoms with Crippen molar-refractivity contribution in [1.29, 1.82) is 0 Å². The molecule has 0 aromatic carbocycles. The lowest BCUT2D eigenvalue weighted by atomic mass is 9.60. The maximum absolute atomic E-state index is 4.37. The lowest BCUT2D eigenvalue weighted by Gasteiger charge is -2.45. The van der Waals surface area contributed by atoms with Crippen LogP contribution < -0.4 is 0 Å². The molecule has 32 heavy (non-hydrogen) atoms. The van der Waals surface area contributed by atoms with E-state index >= 15 is 0 Å². The molecular weight excluding hydrogens is 384 g/mol. The molecule has 0 bridgehead atoms. The van der Waals surface area contributed by atoms with Crippen molar-refractivity contribution in [2.24, 2.45) is 35.0 Å². The molecule has 0 spiro atoms. The van der Waals surface area contributed by atoms with E-state index < -0.39 is 0 Å². The largest absolute Gasteiger partial charge is 0.0953 e. The highest BCUT2D eigenvalue weighted by atomic mass is 14.6. The Labute approximate surface area is 205 Å². The van der Waals surface area contributed by atoms with Crippen molar-refractivity contribution in [3.63, 3.8) is 0 Å². The first-order valence-corrected chi connectivity index (χ1v) is 14.3. The molecule has 0 radical (unpaired) electrons. The first-order valence-electron chi connectivity index (χ1n) is 14.3. The van der Waals surface area contributed by atoms with E-state index in [-0.39, 0.29) is 0 Å². The molecule has 2 fully saturated rings. The maximum atomic E-state index is 4.37. The van der Waals surface area contributed by atoms with Crippen LogP contribution in [0.25, 0.3) is 0 Å². The summed E-state index contributed by atoms with van der Waals surface area (Å²) in [6.07, 6.45) is 14.3. The highest BCUT2D eigenvalue weighted by Crippen LogP contribution is 2.60. The second kappa shape index (κ2) is 17.7. The number of allylic oxidation sites excluding steroid dienone is 5. The highest BCUT2D eigenvalue weighted by Gasteiger charge is 2.50. The van der Waals surface area contributed by atoms with Gasteiger partial charge in [-0.05, 0) is 84.7 Å². The van der Waals surface area contributed by atoms with Gasteiger partial charge in [-0.25, -0.2) is 0 Å². The minimum absolute atomic E-state index is 0.529. The molecule has 0 heteroatoms. The zero-order valence-corrected chi connectivity index (χ0v) is 24.7. The van der Waals surface area contributed by atoms with Gasteiger partial charge in [-0.3, -0.25) is 0 Å². The van der Waals surface area contributed by atoms with Gasteiger partial charge < -0.3 is 0 Å². The van der Waals surface area contributed by atoms with Crippen LogP contribution in [0.2, 0.25) is 0 Å². The van der Waals surface area contributed by atoms with Crippen molar-refractivity contribution in [3.8, 4) is 0 Å². The minimum atomic E-state index is 0.529. The molecule has 2 aliphatic rings. The molecule has 0 aromatic heterocycles. The third-order valence-electron chi connectivity index (χ3n) is 7.85. The van der Waals surface area contributed by atoms with Gasteiger partial charge in [0.1, 0.15) is 0 Å². The lowest BCUT2D eigenvalue weighted by molar-refractivity contribution is 0.0797. The summed E-state index contributed by atoms with van der Waals surface area (Å²) in [6.45, 7) is 33.1. The molecule has 2 aliphatic carbocycles. The fourth-order valence-corrected chi connectivity index (χ4v) is 5.81. The number of hydrogen-bond acceptors (Lipinski definition) is 0. The summed E-state index contributed by atoms with van der Waals surface area (Å²) in [6, 6.07) is 0. The summed E-state index contributed by atoms with van der Waals surface area (Å²) in [5, 5.41) is 0. The lowest BCUT2D eigenvalue weighted by Crippen LogP contribution is -2.37. The highest BCUT2D eigenvalue weighted by molar-refractivity contribution is 5.35. The van der Waals surface area contributed by atoms with Crippen molar-refractivity contribution in [2.75, 3.05) is 0 Å². The molecule has 4 atom stereocenters. The zero-order chi connectivity index (χ0) is 25.5. The van der Waals surface area contributed by atoms with Gasteiger partial charge in [0.2, 0.25) is 0 Å². The first kappa shape index (κ1) is 33.4. The number of rotatable bonds is 7. The summed E-state index contributed by atoms with van der Waals surface area (Å²) in [5.41, 5.74) is 5.08. The predicted octanol–water partition coefficient (Wildman–Crippen LogP) is 11.4. The van der Waals surface area contributed by atoms with Crippen LogP contribution in [0.1, 0.15) is 135 Å². The fourth-order valence-electron chi connectivity index (χ4n) is 5.81. The molecule has 4 unspecified atom stereocenters. The van der Waals surface area contributed by atoms with E-state index in [0.29, 0.717) is 11.3 Å². The Morgan fingerprint density at radius 2 is 1.56 bits per heavy atom. The Morgan fingerprint density at radius 1 is 1.00 bits per heavy atom. The van der Waals surface area contributed by atoms with E-state index in [4.69, 9.17) is 0 Å². The van der Waals surface area contributed by atoms with E-state index in [9.17, 15) is 0 Å². The van der Waals surface area contributed by atoms with Gasteiger partial charge in [-0.1, -0.05) is 121 Å². The van der Waals surface area contributed by atoms with E-state index in [0.717, 1.165) is 30.1 Å². The smallest absolute Gasteiger partial charge is 0.0143 e. The molecule has 0 aliphatic heterocycles. The van der Waals surface area contributed by atoms with Crippen molar-refractivity contribution in [2.45, 2.75) is 135 Å². The van der Waals surface area contributed by atoms with E-state index in [1.807, 2.05) is 41.5 Å². The summed E-state index contributed by atoms with van der Waals surface area (Å²) in [7, 11) is 0. The fraction of sp³-hybridized carbons (Fsp3) is 0.812. The maximum Gasteiger partial charge on any atom is -0.0143 e. The van der Waals surface area contributed by atoms with E-state index in [2.05, 4.69) is 67.2 Å². The van der Waals surface area contributed by atoms with Gasteiger partial charge in [0, 0.05) is 0 Å².